The van der Waals surface area contributed by atoms with Crippen molar-refractivity contribution in [3.63, 3.8) is 0 Å². The number of sulfonamides is 1. The van der Waals surface area contributed by atoms with Crippen LogP contribution < -0.4 is 5.32 Å². The number of hydrogen-bond donors (Lipinski definition) is 1. The summed E-state index contributed by atoms with van der Waals surface area (Å²) in [5.41, 5.74) is 0. The van der Waals surface area contributed by atoms with Gasteiger partial charge in [0.15, 0.2) is 0 Å². The quantitative estimate of drug-likeness (QED) is 0.512. The highest BCUT2D eigenvalue weighted by atomic mass is 35.7. The van der Waals surface area contributed by atoms with E-state index >= 15 is 0 Å². The zero-order chi connectivity index (χ0) is 22.1. The third-order valence-corrected chi connectivity index (χ3v) is 5.02. The molecule has 0 amide bonds. The lowest BCUT2D eigenvalue weighted by atomic mass is 10.3. The van der Waals surface area contributed by atoms with Crippen molar-refractivity contribution >= 4 is 29.8 Å². The molecule has 1 N–H and O–H groups in total. The van der Waals surface area contributed by atoms with Crippen molar-refractivity contribution < 1.29 is 16.8 Å². The lowest BCUT2D eigenvalue weighted by Crippen LogP contribution is -2.32. The van der Waals surface area contributed by atoms with Crippen molar-refractivity contribution in [1.29, 1.82) is 0 Å². The molecule has 0 aromatic heterocycles. The van der Waals surface area contributed by atoms with Crippen LogP contribution in [0.15, 0.2) is 24.3 Å². The molecule has 0 unspecified atom stereocenters. The number of nitrogens with one attached hydrogen (secondary N) is 1. The molecule has 2 aliphatic rings. The minimum Gasteiger partial charge on any atom is -0.313 e. The zero-order valence-corrected chi connectivity index (χ0v) is 20.3. The van der Waals surface area contributed by atoms with E-state index in [1.807, 2.05) is 12.2 Å². The van der Waals surface area contributed by atoms with Gasteiger partial charge in [0.2, 0.25) is 19.1 Å². The molecular formula is C18H38ClN3O4S2. The maximum absolute atomic E-state index is 10.9. The lowest BCUT2D eigenvalue weighted by molar-refractivity contribution is 0.321. The summed E-state index contributed by atoms with van der Waals surface area (Å²) in [7, 11) is -1.64. The van der Waals surface area contributed by atoms with E-state index in [0.717, 1.165) is 25.8 Å². The van der Waals surface area contributed by atoms with Gasteiger partial charge in [-0.1, -0.05) is 45.1 Å². The van der Waals surface area contributed by atoms with Gasteiger partial charge in [-0.15, -0.1) is 0 Å². The first-order valence-corrected chi connectivity index (χ1v) is 14.1. The molecule has 0 aliphatic carbocycles. The Balaban J connectivity index is 0. The van der Waals surface area contributed by atoms with Gasteiger partial charge in [-0.05, 0) is 39.0 Å². The van der Waals surface area contributed by atoms with E-state index in [1.54, 1.807) is 0 Å². The van der Waals surface area contributed by atoms with Crippen LogP contribution >= 0.6 is 10.7 Å². The SMILES string of the molecule is C1=CCNCC1.CCN(CC)CC.CS(=O)(=O)Cl.CS(=O)(=O)N1CC=CCC1. The molecule has 28 heavy (non-hydrogen) atoms. The molecule has 0 atom stereocenters. The summed E-state index contributed by atoms with van der Waals surface area (Å²) in [6.45, 7) is 13.5. The molecule has 2 aliphatic heterocycles. The van der Waals surface area contributed by atoms with Crippen molar-refractivity contribution in [2.45, 2.75) is 33.6 Å². The maximum Gasteiger partial charge on any atom is 0.229 e. The van der Waals surface area contributed by atoms with Gasteiger partial charge < -0.3 is 10.2 Å². The van der Waals surface area contributed by atoms with E-state index in [0.29, 0.717) is 13.1 Å². The Morgan fingerprint density at radius 1 is 0.929 bits per heavy atom. The normalized spacial score (nSPS) is 16.8. The van der Waals surface area contributed by atoms with Crippen LogP contribution in [0.25, 0.3) is 0 Å². The summed E-state index contributed by atoms with van der Waals surface area (Å²) in [6.07, 6.45) is 12.5. The van der Waals surface area contributed by atoms with Gasteiger partial charge in [0.05, 0.1) is 12.5 Å². The topological polar surface area (TPSA) is 86.8 Å². The van der Waals surface area contributed by atoms with Crippen molar-refractivity contribution in [2.75, 3.05) is 58.3 Å². The molecule has 2 rings (SSSR count). The summed E-state index contributed by atoms with van der Waals surface area (Å²) in [5, 5.41) is 3.20. The van der Waals surface area contributed by atoms with Crippen molar-refractivity contribution in [3.8, 4) is 0 Å². The highest BCUT2D eigenvalue weighted by molar-refractivity contribution is 8.13. The fourth-order valence-electron chi connectivity index (χ4n) is 2.16. The van der Waals surface area contributed by atoms with Crippen molar-refractivity contribution in [1.82, 2.24) is 14.5 Å². The summed E-state index contributed by atoms with van der Waals surface area (Å²) in [6, 6.07) is 0. The first kappa shape index (κ1) is 29.7. The Morgan fingerprint density at radius 2 is 1.43 bits per heavy atom. The Morgan fingerprint density at radius 3 is 1.57 bits per heavy atom. The van der Waals surface area contributed by atoms with E-state index < -0.39 is 19.1 Å². The summed E-state index contributed by atoms with van der Waals surface area (Å²) >= 11 is 0. The summed E-state index contributed by atoms with van der Waals surface area (Å²) < 4.78 is 42.0. The predicted octanol–water partition coefficient (Wildman–Crippen LogP) is 2.28. The number of hydrogen-bond acceptors (Lipinski definition) is 6. The minimum absolute atomic E-state index is 0.541. The van der Waals surface area contributed by atoms with Crippen LogP contribution in [0.3, 0.4) is 0 Å². The standard InChI is InChI=1S/C6H11NO2S.C6H15N.C5H9N.CH3ClO2S/c1-10(8,9)7-5-3-2-4-6-7;1-4-7(5-2)6-3;1-2-4-6-5-3-1;1-5(2,3)4/h2-3H,4-6H2,1H3;4-6H2,1-3H3;1-2,6H,3-5H2;1H3. The molecule has 0 saturated heterocycles. The van der Waals surface area contributed by atoms with Crippen LogP contribution in [0, 0.1) is 0 Å². The molecule has 0 fully saturated rings. The van der Waals surface area contributed by atoms with Crippen LogP contribution in [0.4, 0.5) is 0 Å². The first-order valence-electron chi connectivity index (χ1n) is 9.53. The second-order valence-corrected chi connectivity index (χ2v) is 11.2. The molecule has 10 heteroatoms. The number of halogens is 1. The molecule has 0 spiro atoms. The van der Waals surface area contributed by atoms with Gasteiger partial charge in [0, 0.05) is 30.3 Å². The van der Waals surface area contributed by atoms with E-state index in [-0.39, 0.29) is 0 Å². The van der Waals surface area contributed by atoms with Gasteiger partial charge in [-0.3, -0.25) is 0 Å². The van der Waals surface area contributed by atoms with E-state index in [2.05, 4.69) is 53.8 Å². The van der Waals surface area contributed by atoms with Crippen LogP contribution in [-0.2, 0) is 19.1 Å². The van der Waals surface area contributed by atoms with E-state index in [4.69, 9.17) is 0 Å². The molecule has 0 aromatic rings. The second-order valence-electron chi connectivity index (χ2n) is 6.15. The van der Waals surface area contributed by atoms with Crippen LogP contribution in [0.1, 0.15) is 33.6 Å². The molecule has 0 aromatic carbocycles. The molecular weight excluding hydrogens is 422 g/mol. The second kappa shape index (κ2) is 17.4. The van der Waals surface area contributed by atoms with E-state index in [9.17, 15) is 16.8 Å². The van der Waals surface area contributed by atoms with Gasteiger partial charge >= 0.3 is 0 Å². The molecule has 7 nitrogen and oxygen atoms in total. The predicted molar refractivity (Wildman–Crippen MR) is 121 cm³/mol. The zero-order valence-electron chi connectivity index (χ0n) is 17.9. The smallest absolute Gasteiger partial charge is 0.229 e. The average molecular weight is 460 g/mol. The Bertz CT molecular complexity index is 610. The summed E-state index contributed by atoms with van der Waals surface area (Å²) in [4.78, 5) is 2.38. The fraction of sp³-hybridized carbons (Fsp3) is 0.778. The first-order chi connectivity index (χ1) is 13.0. The monoisotopic (exact) mass is 459 g/mol. The number of rotatable bonds is 4. The van der Waals surface area contributed by atoms with Crippen LogP contribution in [0.5, 0.6) is 0 Å². The minimum atomic E-state index is -3.19. The van der Waals surface area contributed by atoms with Crippen LogP contribution in [0.2, 0.25) is 0 Å². The molecule has 2 heterocycles. The fourth-order valence-corrected chi connectivity index (χ4v) is 2.96. The summed E-state index contributed by atoms with van der Waals surface area (Å²) in [5.74, 6) is 0. The van der Waals surface area contributed by atoms with Gasteiger partial charge in [-0.2, -0.15) is 4.31 Å². The van der Waals surface area contributed by atoms with Gasteiger partial charge in [-0.25, -0.2) is 16.8 Å². The maximum atomic E-state index is 10.9. The molecule has 0 bridgehead atoms. The highest BCUT2D eigenvalue weighted by Crippen LogP contribution is 2.04. The Labute approximate surface area is 177 Å². The largest absolute Gasteiger partial charge is 0.313 e. The van der Waals surface area contributed by atoms with E-state index in [1.165, 1.54) is 36.6 Å². The van der Waals surface area contributed by atoms with Gasteiger partial charge in [0.1, 0.15) is 0 Å². The molecule has 0 radical (unpaired) electrons. The third-order valence-electron chi connectivity index (χ3n) is 3.75. The third kappa shape index (κ3) is 23.6. The highest BCUT2D eigenvalue weighted by Gasteiger charge is 2.15. The molecule has 168 valence electrons. The van der Waals surface area contributed by atoms with Crippen molar-refractivity contribution in [3.05, 3.63) is 24.3 Å². The Hall–Kier alpha value is -0.450. The lowest BCUT2D eigenvalue weighted by Gasteiger charge is -2.19. The van der Waals surface area contributed by atoms with Crippen LogP contribution in [-0.4, -0.2) is 84.4 Å². The van der Waals surface area contributed by atoms with Crippen molar-refractivity contribution in [2.24, 2.45) is 0 Å². The molecule has 0 saturated carbocycles. The number of nitrogens with zero attached hydrogens (tertiary/aromatic N) is 2. The Kier molecular flexibility index (Phi) is 18.5. The van der Waals surface area contributed by atoms with Gasteiger partial charge in [0.25, 0.3) is 0 Å². The average Bonchev–Trinajstić information content (AvgIpc) is 2.64.